The third-order valence-electron chi connectivity index (χ3n) is 7.69. The molecule has 0 saturated heterocycles. The number of hydrazone groups is 1. The standard InChI is InChI=1S/C37H29ClN4O3/c1-24-21-29(25(2)41(24)31-17-18-33(38)32(22-31)37(44)45)23-39-40-36(43)28-13-15-30(16-14-28)42-34(26-9-5-3-6-10-26)19-20-35(42)27-11-7-4-8-12-27/h3-23H,1-2H3,(H,40,43)(H,44,45)/b39-23-. The van der Waals surface area contributed by atoms with Gasteiger partial charge in [-0.05, 0) is 85.6 Å². The Balaban J connectivity index is 1.23. The summed E-state index contributed by atoms with van der Waals surface area (Å²) in [5, 5.41) is 13.9. The van der Waals surface area contributed by atoms with Gasteiger partial charge in [-0.25, -0.2) is 10.2 Å². The van der Waals surface area contributed by atoms with Gasteiger partial charge in [-0.1, -0.05) is 72.3 Å². The first-order chi connectivity index (χ1) is 21.8. The molecular formula is C37H29ClN4O3. The summed E-state index contributed by atoms with van der Waals surface area (Å²) in [6.45, 7) is 3.81. The zero-order chi connectivity index (χ0) is 31.5. The van der Waals surface area contributed by atoms with E-state index in [9.17, 15) is 14.7 Å². The smallest absolute Gasteiger partial charge is 0.337 e. The van der Waals surface area contributed by atoms with Crippen molar-refractivity contribution in [2.75, 3.05) is 0 Å². The van der Waals surface area contributed by atoms with Crippen LogP contribution in [0.5, 0.6) is 0 Å². The minimum Gasteiger partial charge on any atom is -0.478 e. The molecule has 0 radical (unpaired) electrons. The lowest BCUT2D eigenvalue weighted by molar-refractivity contribution is 0.0696. The number of aromatic carboxylic acids is 1. The van der Waals surface area contributed by atoms with E-state index in [1.54, 1.807) is 30.5 Å². The van der Waals surface area contributed by atoms with Gasteiger partial charge in [0.2, 0.25) is 0 Å². The summed E-state index contributed by atoms with van der Waals surface area (Å²) in [5.74, 6) is -1.43. The first-order valence-electron chi connectivity index (χ1n) is 14.3. The maximum Gasteiger partial charge on any atom is 0.337 e. The zero-order valence-electron chi connectivity index (χ0n) is 24.6. The van der Waals surface area contributed by atoms with E-state index in [4.69, 9.17) is 11.6 Å². The summed E-state index contributed by atoms with van der Waals surface area (Å²) in [6.07, 6.45) is 1.58. The number of hydrogen-bond acceptors (Lipinski definition) is 3. The number of carboxylic acid groups (broad SMARTS) is 1. The molecule has 45 heavy (non-hydrogen) atoms. The number of rotatable bonds is 8. The summed E-state index contributed by atoms with van der Waals surface area (Å²) in [6, 6.07) is 38.9. The second kappa shape index (κ2) is 12.5. The predicted octanol–water partition coefficient (Wildman–Crippen LogP) is 8.33. The highest BCUT2D eigenvalue weighted by Crippen LogP contribution is 2.32. The van der Waals surface area contributed by atoms with Gasteiger partial charge in [0.1, 0.15) is 0 Å². The number of carbonyl (C=O) groups is 2. The molecule has 8 heteroatoms. The lowest BCUT2D eigenvalue weighted by Gasteiger charge is -2.15. The molecule has 222 valence electrons. The van der Waals surface area contributed by atoms with Crippen molar-refractivity contribution in [3.05, 3.63) is 154 Å². The largest absolute Gasteiger partial charge is 0.478 e. The van der Waals surface area contributed by atoms with Gasteiger partial charge in [0.05, 0.1) is 28.2 Å². The van der Waals surface area contributed by atoms with E-state index in [1.165, 1.54) is 6.07 Å². The van der Waals surface area contributed by atoms with Gasteiger partial charge in [0.15, 0.2) is 0 Å². The van der Waals surface area contributed by atoms with Crippen molar-refractivity contribution in [1.82, 2.24) is 14.6 Å². The fraction of sp³-hybridized carbons (Fsp3) is 0.0541. The number of carboxylic acids is 1. The minimum atomic E-state index is -1.09. The number of aromatic nitrogens is 2. The van der Waals surface area contributed by atoms with Crippen molar-refractivity contribution in [3.8, 4) is 33.9 Å². The molecule has 0 bridgehead atoms. The monoisotopic (exact) mass is 612 g/mol. The Morgan fingerprint density at radius 1 is 0.733 bits per heavy atom. The third kappa shape index (κ3) is 5.94. The van der Waals surface area contributed by atoms with Gasteiger partial charge in [-0.2, -0.15) is 5.10 Å². The molecule has 6 rings (SSSR count). The topological polar surface area (TPSA) is 88.6 Å². The molecule has 2 aromatic heterocycles. The lowest BCUT2D eigenvalue weighted by Crippen LogP contribution is -2.17. The molecule has 1 amide bonds. The van der Waals surface area contributed by atoms with E-state index in [0.29, 0.717) is 11.3 Å². The van der Waals surface area contributed by atoms with Crippen LogP contribution in [0.25, 0.3) is 33.9 Å². The van der Waals surface area contributed by atoms with Gasteiger partial charge in [0.25, 0.3) is 5.91 Å². The van der Waals surface area contributed by atoms with Gasteiger partial charge >= 0.3 is 5.97 Å². The van der Waals surface area contributed by atoms with Gasteiger partial charge in [-0.15, -0.1) is 0 Å². The molecule has 7 nitrogen and oxygen atoms in total. The number of nitrogens with zero attached hydrogens (tertiary/aromatic N) is 3. The molecule has 0 atom stereocenters. The van der Waals surface area contributed by atoms with Crippen LogP contribution in [0.15, 0.2) is 126 Å². The highest BCUT2D eigenvalue weighted by Gasteiger charge is 2.16. The van der Waals surface area contributed by atoms with Crippen LogP contribution in [0.4, 0.5) is 0 Å². The van der Waals surface area contributed by atoms with E-state index in [2.05, 4.69) is 51.5 Å². The number of carbonyl (C=O) groups excluding carboxylic acids is 1. The number of amides is 1. The molecule has 2 N–H and O–H groups in total. The molecule has 2 heterocycles. The first kappa shape index (κ1) is 29.4. The maximum atomic E-state index is 13.0. The van der Waals surface area contributed by atoms with Crippen LogP contribution >= 0.6 is 11.6 Å². The van der Waals surface area contributed by atoms with Crippen LogP contribution < -0.4 is 5.43 Å². The van der Waals surface area contributed by atoms with Crippen molar-refractivity contribution >= 4 is 29.7 Å². The summed E-state index contributed by atoms with van der Waals surface area (Å²) in [5.41, 5.74) is 11.5. The number of hydrogen-bond donors (Lipinski definition) is 2. The highest BCUT2D eigenvalue weighted by atomic mass is 35.5. The molecule has 4 aromatic carbocycles. The van der Waals surface area contributed by atoms with Crippen molar-refractivity contribution in [1.29, 1.82) is 0 Å². The Bertz CT molecular complexity index is 1990. The van der Waals surface area contributed by atoms with Crippen LogP contribution in [0.2, 0.25) is 5.02 Å². The van der Waals surface area contributed by atoms with Crippen molar-refractivity contribution in [2.24, 2.45) is 5.10 Å². The van der Waals surface area contributed by atoms with Crippen molar-refractivity contribution < 1.29 is 14.7 Å². The molecule has 0 aliphatic heterocycles. The Morgan fingerprint density at radius 2 is 1.31 bits per heavy atom. The zero-order valence-corrected chi connectivity index (χ0v) is 25.4. The third-order valence-corrected chi connectivity index (χ3v) is 8.02. The Morgan fingerprint density at radius 3 is 1.89 bits per heavy atom. The van der Waals surface area contributed by atoms with E-state index in [-0.39, 0.29) is 16.5 Å². The molecule has 0 aliphatic carbocycles. The quantitative estimate of drug-likeness (QED) is 0.134. The fourth-order valence-electron chi connectivity index (χ4n) is 5.50. The van der Waals surface area contributed by atoms with Crippen molar-refractivity contribution in [3.63, 3.8) is 0 Å². The van der Waals surface area contributed by atoms with Crippen LogP contribution in [0, 0.1) is 13.8 Å². The minimum absolute atomic E-state index is 0.0273. The lowest BCUT2D eigenvalue weighted by atomic mass is 10.1. The fourth-order valence-corrected chi connectivity index (χ4v) is 5.70. The number of benzene rings is 4. The summed E-state index contributed by atoms with van der Waals surface area (Å²) in [4.78, 5) is 24.6. The second-order valence-corrected chi connectivity index (χ2v) is 11.0. The van der Waals surface area contributed by atoms with Crippen LogP contribution in [0.1, 0.15) is 37.7 Å². The van der Waals surface area contributed by atoms with Crippen LogP contribution in [0.3, 0.4) is 0 Å². The van der Waals surface area contributed by atoms with E-state index >= 15 is 0 Å². The predicted molar refractivity (Wildman–Crippen MR) is 179 cm³/mol. The second-order valence-electron chi connectivity index (χ2n) is 10.5. The normalized spacial score (nSPS) is 11.2. The van der Waals surface area contributed by atoms with Gasteiger partial charge in [-0.3, -0.25) is 4.79 Å². The average molecular weight is 613 g/mol. The molecule has 0 saturated carbocycles. The summed E-state index contributed by atoms with van der Waals surface area (Å²) in [7, 11) is 0. The van der Waals surface area contributed by atoms with Crippen LogP contribution in [-0.2, 0) is 0 Å². The van der Waals surface area contributed by atoms with Crippen LogP contribution in [-0.4, -0.2) is 32.3 Å². The molecule has 0 spiro atoms. The maximum absolute atomic E-state index is 13.0. The van der Waals surface area contributed by atoms with E-state index < -0.39 is 5.97 Å². The molecule has 0 fully saturated rings. The van der Waals surface area contributed by atoms with E-state index in [1.807, 2.05) is 73.0 Å². The van der Waals surface area contributed by atoms with Gasteiger partial charge in [0, 0.05) is 33.9 Å². The molecular weight excluding hydrogens is 584 g/mol. The first-order valence-corrected chi connectivity index (χ1v) is 14.7. The Hall–Kier alpha value is -5.66. The molecule has 6 aromatic rings. The average Bonchev–Trinajstić information content (AvgIpc) is 3.62. The molecule has 0 unspecified atom stereocenters. The molecule has 0 aliphatic rings. The summed E-state index contributed by atoms with van der Waals surface area (Å²) >= 11 is 6.06. The number of aryl methyl sites for hydroxylation is 1. The Kier molecular flexibility index (Phi) is 8.18. The number of halogens is 1. The number of nitrogens with one attached hydrogen (secondary N) is 1. The van der Waals surface area contributed by atoms with Crippen molar-refractivity contribution in [2.45, 2.75) is 13.8 Å². The van der Waals surface area contributed by atoms with Gasteiger partial charge < -0.3 is 14.2 Å². The Labute approximate surface area is 265 Å². The van der Waals surface area contributed by atoms with E-state index in [0.717, 1.165) is 45.2 Å². The summed E-state index contributed by atoms with van der Waals surface area (Å²) < 4.78 is 4.11. The highest BCUT2D eigenvalue weighted by molar-refractivity contribution is 6.33. The SMILES string of the molecule is Cc1cc(/C=N\NC(=O)c2ccc(-n3c(-c4ccccc4)ccc3-c3ccccc3)cc2)c(C)n1-c1ccc(Cl)c(C(=O)O)c1.